The van der Waals surface area contributed by atoms with E-state index in [2.05, 4.69) is 39.9 Å². The fourth-order valence-corrected chi connectivity index (χ4v) is 4.06. The minimum absolute atomic E-state index is 0.369. The van der Waals surface area contributed by atoms with Gasteiger partial charge in [0.1, 0.15) is 0 Å². The Hall–Kier alpha value is -2.50. The average Bonchev–Trinajstić information content (AvgIpc) is 2.66. The monoisotopic (exact) mass is 422 g/mol. The summed E-state index contributed by atoms with van der Waals surface area (Å²) in [5.41, 5.74) is 4.80. The average molecular weight is 423 g/mol. The van der Waals surface area contributed by atoms with E-state index in [0.29, 0.717) is 17.5 Å². The van der Waals surface area contributed by atoms with Gasteiger partial charge in [-0.2, -0.15) is 0 Å². The first-order valence-corrected chi connectivity index (χ1v) is 9.70. The molecule has 1 aliphatic heterocycles. The van der Waals surface area contributed by atoms with Gasteiger partial charge in [0, 0.05) is 28.5 Å². The van der Waals surface area contributed by atoms with Gasteiger partial charge in [0.15, 0.2) is 0 Å². The fourth-order valence-electron chi connectivity index (χ4n) is 3.65. The Bertz CT molecular complexity index is 1080. The van der Waals surface area contributed by atoms with Crippen molar-refractivity contribution in [2.24, 2.45) is 0 Å². The summed E-state index contributed by atoms with van der Waals surface area (Å²) in [6.07, 6.45) is 2.11. The minimum Gasteiger partial charge on any atom is -0.478 e. The predicted octanol–water partition coefficient (Wildman–Crippen LogP) is 5.07. The number of likely N-dealkylation sites (N-methyl/N-ethyl adjacent to an activating group) is 1. The summed E-state index contributed by atoms with van der Waals surface area (Å²) in [6, 6.07) is 15.6. The number of benzene rings is 2. The highest BCUT2D eigenvalue weighted by molar-refractivity contribution is 9.10. The number of hydrogen-bond donors (Lipinski definition) is 1. The Morgan fingerprint density at radius 1 is 1.22 bits per heavy atom. The zero-order chi connectivity index (χ0) is 19.0. The number of hydrogen-bond acceptors (Lipinski definition) is 3. The van der Waals surface area contributed by atoms with Gasteiger partial charge >= 0.3 is 5.97 Å². The van der Waals surface area contributed by atoms with Crippen LogP contribution in [0.5, 0.6) is 0 Å². The van der Waals surface area contributed by atoms with Gasteiger partial charge in [-0.05, 0) is 42.0 Å². The Labute approximate surface area is 166 Å². The molecule has 1 N–H and O–H groups in total. The number of carboxylic acid groups (broad SMARTS) is 1. The first-order chi connectivity index (χ1) is 13.1. The van der Waals surface area contributed by atoms with E-state index in [1.54, 1.807) is 0 Å². The van der Waals surface area contributed by atoms with E-state index in [-0.39, 0.29) is 0 Å². The summed E-state index contributed by atoms with van der Waals surface area (Å²) >= 11 is 3.51. The summed E-state index contributed by atoms with van der Waals surface area (Å²) in [5.74, 6) is -0.899. The van der Waals surface area contributed by atoms with Gasteiger partial charge in [0.25, 0.3) is 0 Å². The molecule has 2 aromatic carbocycles. The van der Waals surface area contributed by atoms with E-state index in [4.69, 9.17) is 4.98 Å². The predicted molar refractivity (Wildman–Crippen MR) is 112 cm³/mol. The molecule has 0 saturated heterocycles. The van der Waals surface area contributed by atoms with Crippen LogP contribution < -0.4 is 0 Å². The van der Waals surface area contributed by atoms with Crippen molar-refractivity contribution in [2.45, 2.75) is 13.5 Å². The summed E-state index contributed by atoms with van der Waals surface area (Å²) in [5, 5.41) is 10.6. The molecule has 0 amide bonds. The number of pyridine rings is 1. The van der Waals surface area contributed by atoms with Gasteiger partial charge in [0.05, 0.1) is 16.8 Å². The van der Waals surface area contributed by atoms with E-state index in [1.165, 1.54) is 0 Å². The molecule has 0 radical (unpaired) electrons. The van der Waals surface area contributed by atoms with E-state index in [1.807, 2.05) is 42.5 Å². The van der Waals surface area contributed by atoms with Crippen molar-refractivity contribution in [2.75, 3.05) is 13.1 Å². The molecule has 27 heavy (non-hydrogen) atoms. The van der Waals surface area contributed by atoms with Crippen LogP contribution >= 0.6 is 15.9 Å². The van der Waals surface area contributed by atoms with E-state index in [0.717, 1.165) is 45.5 Å². The zero-order valence-electron chi connectivity index (χ0n) is 14.9. The molecule has 1 aromatic heterocycles. The highest BCUT2D eigenvalue weighted by Crippen LogP contribution is 2.34. The number of aromatic nitrogens is 1. The van der Waals surface area contributed by atoms with Crippen LogP contribution in [-0.2, 0) is 6.54 Å². The number of carboxylic acids is 1. The topological polar surface area (TPSA) is 53.4 Å². The van der Waals surface area contributed by atoms with Crippen LogP contribution in [0.4, 0.5) is 0 Å². The Morgan fingerprint density at radius 2 is 2.04 bits per heavy atom. The van der Waals surface area contributed by atoms with Crippen LogP contribution in [0.15, 0.2) is 53.0 Å². The molecule has 0 saturated carbocycles. The van der Waals surface area contributed by atoms with Crippen molar-refractivity contribution in [3.63, 3.8) is 0 Å². The third-order valence-corrected chi connectivity index (χ3v) is 5.42. The molecule has 0 aliphatic carbocycles. The van der Waals surface area contributed by atoms with Crippen molar-refractivity contribution >= 4 is 44.5 Å². The van der Waals surface area contributed by atoms with Gasteiger partial charge in [-0.15, -0.1) is 0 Å². The molecule has 4 nitrogen and oxygen atoms in total. The van der Waals surface area contributed by atoms with Crippen LogP contribution in [-0.4, -0.2) is 34.0 Å². The molecular formula is C22H19BrN2O2. The molecule has 0 bridgehead atoms. The second-order valence-corrected chi connectivity index (χ2v) is 7.58. The summed E-state index contributed by atoms with van der Waals surface area (Å²) < 4.78 is 1.01. The molecule has 0 atom stereocenters. The van der Waals surface area contributed by atoms with Crippen LogP contribution in [0.1, 0.15) is 34.1 Å². The van der Waals surface area contributed by atoms with Gasteiger partial charge < -0.3 is 5.11 Å². The number of halogens is 1. The van der Waals surface area contributed by atoms with Gasteiger partial charge in [-0.3, -0.25) is 4.90 Å². The van der Waals surface area contributed by atoms with Crippen LogP contribution in [0, 0.1) is 0 Å². The maximum absolute atomic E-state index is 12.1. The number of nitrogens with zero attached hydrogens (tertiary/aromatic N) is 2. The number of rotatable bonds is 3. The summed E-state index contributed by atoms with van der Waals surface area (Å²) in [4.78, 5) is 19.2. The lowest BCUT2D eigenvalue weighted by Crippen LogP contribution is -2.31. The smallest absolute Gasteiger partial charge is 0.336 e. The largest absolute Gasteiger partial charge is 0.478 e. The lowest BCUT2D eigenvalue weighted by atomic mass is 9.92. The first-order valence-electron chi connectivity index (χ1n) is 8.90. The molecule has 0 spiro atoms. The normalized spacial score (nSPS) is 15.9. The SMILES string of the molecule is CCN1C/C(=C\c2cccc(Br)c2)c2nc3ccccc3c(C(=O)O)c2C1. The molecule has 136 valence electrons. The quantitative estimate of drug-likeness (QED) is 0.639. The van der Waals surface area contributed by atoms with Gasteiger partial charge in [-0.25, -0.2) is 9.78 Å². The first kappa shape index (κ1) is 17.9. The Balaban J connectivity index is 1.99. The fraction of sp³-hybridized carbons (Fsp3) is 0.182. The maximum atomic E-state index is 12.1. The second-order valence-electron chi connectivity index (χ2n) is 6.66. The minimum atomic E-state index is -0.899. The summed E-state index contributed by atoms with van der Waals surface area (Å²) in [6.45, 7) is 4.29. The third-order valence-electron chi connectivity index (χ3n) is 4.92. The molecule has 3 aromatic rings. The molecular weight excluding hydrogens is 404 g/mol. The van der Waals surface area contributed by atoms with Crippen molar-refractivity contribution in [3.05, 3.63) is 75.4 Å². The van der Waals surface area contributed by atoms with Crippen molar-refractivity contribution < 1.29 is 9.90 Å². The maximum Gasteiger partial charge on any atom is 0.336 e. The number of carbonyl (C=O) groups is 1. The molecule has 0 unspecified atom stereocenters. The Morgan fingerprint density at radius 3 is 2.78 bits per heavy atom. The molecule has 0 fully saturated rings. The molecule has 1 aliphatic rings. The lowest BCUT2D eigenvalue weighted by molar-refractivity contribution is 0.0696. The molecule has 2 heterocycles. The highest BCUT2D eigenvalue weighted by Gasteiger charge is 2.27. The standard InChI is InChI=1S/C22H19BrN2O2/c1-2-25-12-15(10-14-6-5-7-16(23)11-14)21-18(13-25)20(22(26)27)17-8-3-4-9-19(17)24-21/h3-11H,2,12-13H2,1H3,(H,26,27)/b15-10+. The molecule has 4 rings (SSSR count). The van der Waals surface area contributed by atoms with Crippen LogP contribution in [0.25, 0.3) is 22.6 Å². The number of para-hydroxylation sites is 1. The van der Waals surface area contributed by atoms with Crippen molar-refractivity contribution in [1.29, 1.82) is 0 Å². The van der Waals surface area contributed by atoms with E-state index < -0.39 is 5.97 Å². The van der Waals surface area contributed by atoms with E-state index in [9.17, 15) is 9.90 Å². The highest BCUT2D eigenvalue weighted by atomic mass is 79.9. The lowest BCUT2D eigenvalue weighted by Gasteiger charge is -2.30. The summed E-state index contributed by atoms with van der Waals surface area (Å²) in [7, 11) is 0. The van der Waals surface area contributed by atoms with Gasteiger partial charge in [0.2, 0.25) is 0 Å². The second kappa shape index (κ2) is 7.25. The van der Waals surface area contributed by atoms with Gasteiger partial charge in [-0.1, -0.05) is 53.2 Å². The van der Waals surface area contributed by atoms with Crippen LogP contribution in [0.3, 0.4) is 0 Å². The Kier molecular flexibility index (Phi) is 4.81. The molecule has 5 heteroatoms. The number of aromatic carboxylic acids is 1. The van der Waals surface area contributed by atoms with Crippen LogP contribution in [0.2, 0.25) is 0 Å². The van der Waals surface area contributed by atoms with Crippen molar-refractivity contribution in [1.82, 2.24) is 9.88 Å². The number of fused-ring (bicyclic) bond motifs is 2. The zero-order valence-corrected chi connectivity index (χ0v) is 16.5. The van der Waals surface area contributed by atoms with E-state index >= 15 is 0 Å². The van der Waals surface area contributed by atoms with Crippen molar-refractivity contribution in [3.8, 4) is 0 Å². The third kappa shape index (κ3) is 3.40.